The van der Waals surface area contributed by atoms with Crippen molar-refractivity contribution in [3.63, 3.8) is 0 Å². The van der Waals surface area contributed by atoms with Crippen LogP contribution in [0, 0.1) is 5.92 Å². The smallest absolute Gasteiger partial charge is 0.0583 e. The van der Waals surface area contributed by atoms with Crippen LogP contribution in [-0.2, 0) is 6.42 Å². The van der Waals surface area contributed by atoms with E-state index in [9.17, 15) is 5.11 Å². The molecule has 2 unspecified atom stereocenters. The average molecular weight is 241 g/mol. The van der Waals surface area contributed by atoms with Crippen LogP contribution in [0.15, 0.2) is 24.3 Å². The Morgan fingerprint density at radius 1 is 1.38 bits per heavy atom. The minimum atomic E-state index is -0.250. The Balaban J connectivity index is 2.42. The minimum Gasteiger partial charge on any atom is -0.393 e. The molecule has 1 rings (SSSR count). The first-order valence-corrected chi connectivity index (χ1v) is 6.42. The molecule has 1 N–H and O–H groups in total. The Kier molecular flexibility index (Phi) is 5.86. The molecule has 0 saturated heterocycles. The Morgan fingerprint density at radius 2 is 2.12 bits per heavy atom. The van der Waals surface area contributed by atoms with Crippen molar-refractivity contribution < 1.29 is 5.11 Å². The van der Waals surface area contributed by atoms with E-state index >= 15 is 0 Å². The van der Waals surface area contributed by atoms with E-state index in [4.69, 9.17) is 11.6 Å². The number of aliphatic hydroxyl groups is 1. The second-order valence-electron chi connectivity index (χ2n) is 4.62. The van der Waals surface area contributed by atoms with Crippen molar-refractivity contribution in [3.05, 3.63) is 34.9 Å². The van der Waals surface area contributed by atoms with Crippen molar-refractivity contribution in [2.24, 2.45) is 5.92 Å². The number of hydrogen-bond acceptors (Lipinski definition) is 1. The average Bonchev–Trinajstić information content (AvgIpc) is 2.17. The van der Waals surface area contributed by atoms with Gasteiger partial charge < -0.3 is 5.11 Å². The lowest BCUT2D eigenvalue weighted by molar-refractivity contribution is 0.143. The lowest BCUT2D eigenvalue weighted by atomic mass is 9.95. The number of benzene rings is 1. The summed E-state index contributed by atoms with van der Waals surface area (Å²) in [5.41, 5.74) is 1.11. The maximum absolute atomic E-state index is 9.95. The maximum atomic E-state index is 9.95. The van der Waals surface area contributed by atoms with Crippen LogP contribution in [0.25, 0.3) is 0 Å². The van der Waals surface area contributed by atoms with Crippen LogP contribution in [0.3, 0.4) is 0 Å². The highest BCUT2D eigenvalue weighted by Gasteiger charge is 2.10. The Morgan fingerprint density at radius 3 is 2.75 bits per heavy atom. The second kappa shape index (κ2) is 6.93. The Labute approximate surface area is 103 Å². The van der Waals surface area contributed by atoms with Crippen LogP contribution in [0.5, 0.6) is 0 Å². The zero-order valence-electron chi connectivity index (χ0n) is 10.1. The van der Waals surface area contributed by atoms with Crippen LogP contribution < -0.4 is 0 Å². The van der Waals surface area contributed by atoms with E-state index in [0.29, 0.717) is 12.3 Å². The summed E-state index contributed by atoms with van der Waals surface area (Å²) in [5, 5.41) is 10.7. The molecule has 0 aliphatic heterocycles. The largest absolute Gasteiger partial charge is 0.393 e. The fourth-order valence-electron chi connectivity index (χ4n) is 2.09. The molecule has 1 aromatic carbocycles. The zero-order chi connectivity index (χ0) is 12.0. The first-order chi connectivity index (χ1) is 7.61. The molecule has 0 aliphatic carbocycles. The van der Waals surface area contributed by atoms with E-state index in [2.05, 4.69) is 13.8 Å². The molecule has 0 fully saturated rings. The van der Waals surface area contributed by atoms with Crippen LogP contribution >= 0.6 is 11.6 Å². The third-order valence-corrected chi connectivity index (χ3v) is 3.05. The summed E-state index contributed by atoms with van der Waals surface area (Å²) >= 11 is 5.90. The van der Waals surface area contributed by atoms with Gasteiger partial charge in [-0.1, -0.05) is 50.4 Å². The van der Waals surface area contributed by atoms with Gasteiger partial charge in [-0.05, 0) is 36.5 Å². The summed E-state index contributed by atoms with van der Waals surface area (Å²) in [6.45, 7) is 4.38. The van der Waals surface area contributed by atoms with E-state index in [1.165, 1.54) is 12.8 Å². The molecular weight excluding hydrogens is 220 g/mol. The summed E-state index contributed by atoms with van der Waals surface area (Å²) < 4.78 is 0. The van der Waals surface area contributed by atoms with Gasteiger partial charge in [0.1, 0.15) is 0 Å². The lowest BCUT2D eigenvalue weighted by Crippen LogP contribution is -2.14. The second-order valence-corrected chi connectivity index (χ2v) is 5.05. The van der Waals surface area contributed by atoms with Gasteiger partial charge in [0, 0.05) is 5.02 Å². The lowest BCUT2D eigenvalue weighted by Gasteiger charge is -2.15. The first kappa shape index (κ1) is 13.5. The van der Waals surface area contributed by atoms with Gasteiger partial charge in [0.2, 0.25) is 0 Å². The predicted octanol–water partition coefficient (Wildman–Crippen LogP) is 4.07. The first-order valence-electron chi connectivity index (χ1n) is 6.04. The van der Waals surface area contributed by atoms with Crippen LogP contribution in [0.1, 0.15) is 38.7 Å². The van der Waals surface area contributed by atoms with Gasteiger partial charge in [0.05, 0.1) is 6.10 Å². The third-order valence-electron chi connectivity index (χ3n) is 2.82. The summed E-state index contributed by atoms with van der Waals surface area (Å²) in [6, 6.07) is 7.73. The van der Waals surface area contributed by atoms with Gasteiger partial charge in [0.25, 0.3) is 0 Å². The van der Waals surface area contributed by atoms with Crippen molar-refractivity contribution in [3.8, 4) is 0 Å². The molecule has 0 heterocycles. The molecule has 90 valence electrons. The SMILES string of the molecule is CCCC(C)CC(O)Cc1cccc(Cl)c1. The molecule has 0 saturated carbocycles. The summed E-state index contributed by atoms with van der Waals surface area (Å²) in [7, 11) is 0. The van der Waals surface area contributed by atoms with E-state index < -0.39 is 0 Å². The monoisotopic (exact) mass is 240 g/mol. The van der Waals surface area contributed by atoms with E-state index in [0.717, 1.165) is 17.0 Å². The molecule has 1 nitrogen and oxygen atoms in total. The highest BCUT2D eigenvalue weighted by Crippen LogP contribution is 2.17. The molecule has 1 aromatic rings. The van der Waals surface area contributed by atoms with Crippen molar-refractivity contribution >= 4 is 11.6 Å². The molecule has 2 atom stereocenters. The van der Waals surface area contributed by atoms with E-state index in [-0.39, 0.29) is 6.10 Å². The highest BCUT2D eigenvalue weighted by atomic mass is 35.5. The molecule has 0 aromatic heterocycles. The highest BCUT2D eigenvalue weighted by molar-refractivity contribution is 6.30. The molecule has 0 aliphatic rings. The van der Waals surface area contributed by atoms with E-state index in [1.54, 1.807) is 0 Å². The predicted molar refractivity (Wildman–Crippen MR) is 69.9 cm³/mol. The fraction of sp³-hybridized carbons (Fsp3) is 0.571. The maximum Gasteiger partial charge on any atom is 0.0583 e. The van der Waals surface area contributed by atoms with Crippen molar-refractivity contribution in [1.29, 1.82) is 0 Å². The molecular formula is C14H21ClO. The van der Waals surface area contributed by atoms with Crippen LogP contribution in [0.2, 0.25) is 5.02 Å². The number of aliphatic hydroxyl groups excluding tert-OH is 1. The molecule has 0 bridgehead atoms. The summed E-state index contributed by atoms with van der Waals surface area (Å²) in [6.07, 6.45) is 3.70. The van der Waals surface area contributed by atoms with Crippen LogP contribution in [0.4, 0.5) is 0 Å². The molecule has 2 heteroatoms. The molecule has 0 radical (unpaired) electrons. The topological polar surface area (TPSA) is 20.2 Å². The van der Waals surface area contributed by atoms with Gasteiger partial charge in [-0.3, -0.25) is 0 Å². The van der Waals surface area contributed by atoms with Crippen molar-refractivity contribution in [2.45, 2.75) is 45.6 Å². The van der Waals surface area contributed by atoms with Gasteiger partial charge in [0.15, 0.2) is 0 Å². The molecule has 0 amide bonds. The summed E-state index contributed by atoms with van der Waals surface area (Å²) in [5.74, 6) is 0.596. The number of hydrogen-bond donors (Lipinski definition) is 1. The summed E-state index contributed by atoms with van der Waals surface area (Å²) in [4.78, 5) is 0. The van der Waals surface area contributed by atoms with E-state index in [1.807, 2.05) is 24.3 Å². The third kappa shape index (κ3) is 5.00. The van der Waals surface area contributed by atoms with Crippen LogP contribution in [-0.4, -0.2) is 11.2 Å². The van der Waals surface area contributed by atoms with Gasteiger partial charge in [-0.25, -0.2) is 0 Å². The zero-order valence-corrected chi connectivity index (χ0v) is 10.9. The Bertz CT molecular complexity index is 311. The number of rotatable bonds is 6. The van der Waals surface area contributed by atoms with Gasteiger partial charge in [-0.2, -0.15) is 0 Å². The Hall–Kier alpha value is -0.530. The standard InChI is InChI=1S/C14H21ClO/c1-3-5-11(2)8-14(16)10-12-6-4-7-13(15)9-12/h4,6-7,9,11,14,16H,3,5,8,10H2,1-2H3. The van der Waals surface area contributed by atoms with Crippen molar-refractivity contribution in [1.82, 2.24) is 0 Å². The minimum absolute atomic E-state index is 0.250. The fourth-order valence-corrected chi connectivity index (χ4v) is 2.31. The number of halogens is 1. The molecule has 16 heavy (non-hydrogen) atoms. The normalized spacial score (nSPS) is 14.8. The van der Waals surface area contributed by atoms with Crippen molar-refractivity contribution in [2.75, 3.05) is 0 Å². The van der Waals surface area contributed by atoms with Gasteiger partial charge >= 0.3 is 0 Å². The molecule has 0 spiro atoms. The van der Waals surface area contributed by atoms with Gasteiger partial charge in [-0.15, -0.1) is 0 Å². The quantitative estimate of drug-likeness (QED) is 0.795.